The van der Waals surface area contributed by atoms with Gasteiger partial charge in [0, 0.05) is 36.0 Å². The summed E-state index contributed by atoms with van der Waals surface area (Å²) >= 11 is 3.61. The maximum atomic E-state index is 5.35. The average Bonchev–Trinajstić information content (AvgIpc) is 2.48. The van der Waals surface area contributed by atoms with Crippen LogP contribution >= 0.6 is 15.9 Å². The Bertz CT molecular complexity index is 584. The van der Waals surface area contributed by atoms with Gasteiger partial charge in [0.05, 0.1) is 18.7 Å². The molecular formula is C15H18BrN3O. The van der Waals surface area contributed by atoms with Crippen LogP contribution in [0.3, 0.4) is 0 Å². The summed E-state index contributed by atoms with van der Waals surface area (Å²) in [7, 11) is 0. The number of pyridine rings is 1. The molecule has 1 aliphatic heterocycles. The fraction of sp³-hybridized carbons (Fsp3) is 0.400. The van der Waals surface area contributed by atoms with Crippen LogP contribution in [0.15, 0.2) is 34.8 Å². The van der Waals surface area contributed by atoms with E-state index in [-0.39, 0.29) is 0 Å². The van der Waals surface area contributed by atoms with Gasteiger partial charge in [0.25, 0.3) is 0 Å². The lowest BCUT2D eigenvalue weighted by molar-refractivity contribution is 0.0398. The second-order valence-corrected chi connectivity index (χ2v) is 5.74. The van der Waals surface area contributed by atoms with Crippen molar-refractivity contribution in [1.82, 2.24) is 9.88 Å². The van der Waals surface area contributed by atoms with Gasteiger partial charge in [0.2, 0.25) is 0 Å². The summed E-state index contributed by atoms with van der Waals surface area (Å²) in [5, 5.41) is 4.55. The monoisotopic (exact) mass is 335 g/mol. The molecule has 0 saturated carbocycles. The van der Waals surface area contributed by atoms with Gasteiger partial charge in [-0.3, -0.25) is 4.90 Å². The number of hydrogen-bond donors (Lipinski definition) is 1. The van der Waals surface area contributed by atoms with Crippen LogP contribution in [-0.4, -0.2) is 49.3 Å². The molecule has 2 aromatic rings. The van der Waals surface area contributed by atoms with Gasteiger partial charge in [0.15, 0.2) is 0 Å². The summed E-state index contributed by atoms with van der Waals surface area (Å²) in [5.74, 6) is 0.920. The lowest BCUT2D eigenvalue weighted by Crippen LogP contribution is -2.39. The topological polar surface area (TPSA) is 37.4 Å². The molecule has 3 rings (SSSR count). The Morgan fingerprint density at radius 3 is 2.90 bits per heavy atom. The van der Waals surface area contributed by atoms with E-state index >= 15 is 0 Å². The second-order valence-electron chi connectivity index (χ2n) is 4.89. The fourth-order valence-corrected chi connectivity index (χ4v) is 2.94. The molecule has 1 aromatic carbocycles. The lowest BCUT2D eigenvalue weighted by Gasteiger charge is -2.26. The van der Waals surface area contributed by atoms with Crippen LogP contribution in [0.5, 0.6) is 0 Å². The van der Waals surface area contributed by atoms with Crippen molar-refractivity contribution in [2.45, 2.75) is 0 Å². The Morgan fingerprint density at radius 2 is 2.05 bits per heavy atom. The van der Waals surface area contributed by atoms with Crippen molar-refractivity contribution >= 4 is 32.7 Å². The molecule has 0 spiro atoms. The number of para-hydroxylation sites is 1. The number of morpholine rings is 1. The van der Waals surface area contributed by atoms with Crippen molar-refractivity contribution in [2.75, 3.05) is 44.7 Å². The van der Waals surface area contributed by atoms with E-state index in [9.17, 15) is 0 Å². The van der Waals surface area contributed by atoms with Gasteiger partial charge in [-0.15, -0.1) is 0 Å². The summed E-state index contributed by atoms with van der Waals surface area (Å²) in [6.45, 7) is 5.67. The highest BCUT2D eigenvalue weighted by molar-refractivity contribution is 9.10. The Balaban J connectivity index is 1.62. The van der Waals surface area contributed by atoms with Crippen LogP contribution in [-0.2, 0) is 4.74 Å². The van der Waals surface area contributed by atoms with E-state index in [0.29, 0.717) is 0 Å². The molecule has 0 aliphatic carbocycles. The SMILES string of the molecule is Brc1cc(NCCN2CCOCC2)nc2ccccc12. The molecule has 0 atom stereocenters. The van der Waals surface area contributed by atoms with E-state index in [1.807, 2.05) is 24.3 Å². The molecule has 2 heterocycles. The molecule has 1 aliphatic rings. The zero-order chi connectivity index (χ0) is 13.8. The minimum atomic E-state index is 0.847. The van der Waals surface area contributed by atoms with E-state index in [1.165, 1.54) is 0 Å². The Morgan fingerprint density at radius 1 is 1.25 bits per heavy atom. The number of ether oxygens (including phenoxy) is 1. The van der Waals surface area contributed by atoms with Crippen molar-refractivity contribution in [2.24, 2.45) is 0 Å². The molecule has 0 bridgehead atoms. The number of nitrogens with zero attached hydrogens (tertiary/aromatic N) is 2. The van der Waals surface area contributed by atoms with Crippen molar-refractivity contribution < 1.29 is 4.74 Å². The molecule has 0 radical (unpaired) electrons. The summed E-state index contributed by atoms with van der Waals surface area (Å²) in [5.41, 5.74) is 1.01. The van der Waals surface area contributed by atoms with Gasteiger partial charge in [0.1, 0.15) is 5.82 Å². The zero-order valence-electron chi connectivity index (χ0n) is 11.3. The average molecular weight is 336 g/mol. The van der Waals surface area contributed by atoms with Crippen LogP contribution in [0.4, 0.5) is 5.82 Å². The van der Waals surface area contributed by atoms with E-state index in [2.05, 4.69) is 37.2 Å². The van der Waals surface area contributed by atoms with Crippen molar-refractivity contribution in [3.8, 4) is 0 Å². The van der Waals surface area contributed by atoms with Crippen molar-refractivity contribution in [3.05, 3.63) is 34.8 Å². The number of benzene rings is 1. The third-order valence-electron chi connectivity index (χ3n) is 3.50. The minimum absolute atomic E-state index is 0.847. The zero-order valence-corrected chi connectivity index (χ0v) is 12.9. The molecule has 1 N–H and O–H groups in total. The highest BCUT2D eigenvalue weighted by Gasteiger charge is 2.09. The van der Waals surface area contributed by atoms with Gasteiger partial charge in [-0.2, -0.15) is 0 Å². The lowest BCUT2D eigenvalue weighted by atomic mass is 10.2. The molecule has 4 nitrogen and oxygen atoms in total. The quantitative estimate of drug-likeness (QED) is 0.932. The van der Waals surface area contributed by atoms with Crippen LogP contribution in [0.2, 0.25) is 0 Å². The van der Waals surface area contributed by atoms with E-state index in [0.717, 1.165) is 60.6 Å². The molecule has 0 amide bonds. The first-order valence-electron chi connectivity index (χ1n) is 6.92. The van der Waals surface area contributed by atoms with Gasteiger partial charge >= 0.3 is 0 Å². The smallest absolute Gasteiger partial charge is 0.127 e. The molecule has 20 heavy (non-hydrogen) atoms. The van der Waals surface area contributed by atoms with E-state index in [1.54, 1.807) is 0 Å². The third kappa shape index (κ3) is 3.29. The number of fused-ring (bicyclic) bond motifs is 1. The number of hydrogen-bond acceptors (Lipinski definition) is 4. The normalized spacial score (nSPS) is 16.4. The van der Waals surface area contributed by atoms with Crippen LogP contribution in [0, 0.1) is 0 Å². The van der Waals surface area contributed by atoms with Crippen LogP contribution in [0.1, 0.15) is 0 Å². The summed E-state index contributed by atoms with van der Waals surface area (Å²) < 4.78 is 6.43. The second kappa shape index (κ2) is 6.52. The molecule has 1 saturated heterocycles. The third-order valence-corrected chi connectivity index (χ3v) is 4.16. The fourth-order valence-electron chi connectivity index (χ4n) is 2.39. The molecule has 5 heteroatoms. The maximum absolute atomic E-state index is 5.35. The molecule has 1 fully saturated rings. The highest BCUT2D eigenvalue weighted by Crippen LogP contribution is 2.25. The molecule has 106 valence electrons. The number of anilines is 1. The largest absolute Gasteiger partial charge is 0.379 e. The van der Waals surface area contributed by atoms with Crippen molar-refractivity contribution in [1.29, 1.82) is 0 Å². The minimum Gasteiger partial charge on any atom is -0.379 e. The standard InChI is InChI=1S/C15H18BrN3O/c16-13-11-15(18-14-4-2-1-3-12(13)14)17-5-6-19-7-9-20-10-8-19/h1-4,11H,5-10H2,(H,17,18). The Hall–Kier alpha value is -1.17. The van der Waals surface area contributed by atoms with Crippen LogP contribution < -0.4 is 5.32 Å². The first-order chi connectivity index (χ1) is 9.83. The van der Waals surface area contributed by atoms with E-state index in [4.69, 9.17) is 4.74 Å². The van der Waals surface area contributed by atoms with E-state index < -0.39 is 0 Å². The number of nitrogens with one attached hydrogen (secondary N) is 1. The predicted octanol–water partition coefficient (Wildman–Crippen LogP) is 2.74. The van der Waals surface area contributed by atoms with Gasteiger partial charge in [-0.1, -0.05) is 18.2 Å². The molecule has 0 unspecified atom stereocenters. The first kappa shape index (κ1) is 13.8. The Labute approximate surface area is 127 Å². The van der Waals surface area contributed by atoms with Crippen molar-refractivity contribution in [3.63, 3.8) is 0 Å². The summed E-state index contributed by atoms with van der Waals surface area (Å²) in [6.07, 6.45) is 0. The van der Waals surface area contributed by atoms with Gasteiger partial charge in [-0.25, -0.2) is 4.98 Å². The molecule has 1 aromatic heterocycles. The summed E-state index contributed by atoms with van der Waals surface area (Å²) in [4.78, 5) is 7.04. The van der Waals surface area contributed by atoms with Crippen LogP contribution in [0.25, 0.3) is 10.9 Å². The predicted molar refractivity (Wildman–Crippen MR) is 85.2 cm³/mol. The first-order valence-corrected chi connectivity index (χ1v) is 7.71. The number of halogens is 1. The maximum Gasteiger partial charge on any atom is 0.127 e. The van der Waals surface area contributed by atoms with Gasteiger partial charge in [-0.05, 0) is 28.1 Å². The number of aromatic nitrogens is 1. The summed E-state index contributed by atoms with van der Waals surface area (Å²) in [6, 6.07) is 10.2. The number of rotatable bonds is 4. The molecular weight excluding hydrogens is 318 g/mol. The Kier molecular flexibility index (Phi) is 4.50. The van der Waals surface area contributed by atoms with Gasteiger partial charge < -0.3 is 10.1 Å². The highest BCUT2D eigenvalue weighted by atomic mass is 79.9.